The Bertz CT molecular complexity index is 815. The highest BCUT2D eigenvalue weighted by Crippen LogP contribution is 2.35. The maximum Gasteiger partial charge on any atom is 0.416 e. The highest BCUT2D eigenvalue weighted by atomic mass is 19.4. The third kappa shape index (κ3) is 5.20. The van der Waals surface area contributed by atoms with E-state index in [1.54, 1.807) is 7.11 Å². The van der Waals surface area contributed by atoms with Crippen LogP contribution in [0.1, 0.15) is 24.0 Å². The molecule has 0 spiro atoms. The smallest absolute Gasteiger partial charge is 0.416 e. The van der Waals surface area contributed by atoms with Crippen LogP contribution in [0.15, 0.2) is 48.5 Å². The van der Waals surface area contributed by atoms with E-state index >= 15 is 0 Å². The van der Waals surface area contributed by atoms with E-state index in [-0.39, 0.29) is 5.41 Å². The molecule has 2 aromatic carbocycles. The van der Waals surface area contributed by atoms with Gasteiger partial charge in [0.2, 0.25) is 0 Å². The van der Waals surface area contributed by atoms with Crippen molar-refractivity contribution in [2.24, 2.45) is 0 Å². The molecule has 1 aliphatic rings. The molecule has 0 saturated carbocycles. The number of nitrogens with one attached hydrogen (secondary N) is 2. The first-order valence-electron chi connectivity index (χ1n) is 9.27. The molecule has 1 aliphatic heterocycles. The molecule has 2 amide bonds. The number of ether oxygens (including phenoxy) is 2. The second kappa shape index (κ2) is 8.73. The summed E-state index contributed by atoms with van der Waals surface area (Å²) >= 11 is 0. The van der Waals surface area contributed by atoms with E-state index in [0.717, 1.165) is 36.3 Å². The zero-order valence-corrected chi connectivity index (χ0v) is 16.0. The Labute approximate surface area is 167 Å². The van der Waals surface area contributed by atoms with Crippen molar-refractivity contribution in [3.8, 4) is 5.75 Å². The predicted octanol–water partition coefficient (Wildman–Crippen LogP) is 4.58. The lowest BCUT2D eigenvalue weighted by molar-refractivity contribution is -0.137. The molecule has 0 aromatic heterocycles. The van der Waals surface area contributed by atoms with Crippen LogP contribution in [0.5, 0.6) is 5.75 Å². The average molecular weight is 408 g/mol. The molecular formula is C21H23F3N2O3. The van der Waals surface area contributed by atoms with Gasteiger partial charge in [-0.05, 0) is 54.8 Å². The standard InChI is InChI=1S/C21H23F3N2O3/c1-28-18-8-4-15(5-9-18)20(10-12-29-13-11-20)14-25-19(27)26-17-6-2-16(3-7-17)21(22,23)24/h2-9H,10-14H2,1H3,(H2,25,26,27). The van der Waals surface area contributed by atoms with E-state index in [0.29, 0.717) is 25.4 Å². The molecule has 0 bridgehead atoms. The van der Waals surface area contributed by atoms with E-state index in [1.807, 2.05) is 24.3 Å². The number of carbonyl (C=O) groups excluding carboxylic acids is 1. The molecule has 29 heavy (non-hydrogen) atoms. The molecule has 0 atom stereocenters. The van der Waals surface area contributed by atoms with Crippen molar-refractivity contribution in [2.75, 3.05) is 32.2 Å². The van der Waals surface area contributed by atoms with E-state index in [2.05, 4.69) is 10.6 Å². The molecule has 8 heteroatoms. The summed E-state index contributed by atoms with van der Waals surface area (Å²) in [4.78, 5) is 12.3. The summed E-state index contributed by atoms with van der Waals surface area (Å²) in [5, 5.41) is 5.43. The summed E-state index contributed by atoms with van der Waals surface area (Å²) < 4.78 is 48.6. The number of carbonyl (C=O) groups is 1. The molecule has 3 rings (SSSR count). The fourth-order valence-electron chi connectivity index (χ4n) is 3.44. The Hall–Kier alpha value is -2.74. The second-order valence-electron chi connectivity index (χ2n) is 7.00. The van der Waals surface area contributed by atoms with E-state index in [4.69, 9.17) is 9.47 Å². The Morgan fingerprint density at radius 2 is 1.69 bits per heavy atom. The summed E-state index contributed by atoms with van der Waals surface area (Å²) in [7, 11) is 1.60. The van der Waals surface area contributed by atoms with Crippen LogP contribution in [-0.2, 0) is 16.3 Å². The molecule has 1 saturated heterocycles. The largest absolute Gasteiger partial charge is 0.497 e. The van der Waals surface area contributed by atoms with Crippen molar-refractivity contribution in [1.82, 2.24) is 5.32 Å². The van der Waals surface area contributed by atoms with Crippen molar-refractivity contribution in [1.29, 1.82) is 0 Å². The Kier molecular flexibility index (Phi) is 6.32. The fourth-order valence-corrected chi connectivity index (χ4v) is 3.44. The second-order valence-corrected chi connectivity index (χ2v) is 7.00. The highest BCUT2D eigenvalue weighted by molar-refractivity contribution is 5.89. The van der Waals surface area contributed by atoms with Crippen LogP contribution >= 0.6 is 0 Å². The first-order chi connectivity index (χ1) is 13.8. The molecule has 1 heterocycles. The van der Waals surface area contributed by atoms with Gasteiger partial charge in [-0.15, -0.1) is 0 Å². The maximum absolute atomic E-state index is 12.6. The molecule has 156 valence electrons. The fraction of sp³-hybridized carbons (Fsp3) is 0.381. The van der Waals surface area contributed by atoms with Crippen molar-refractivity contribution < 1.29 is 27.4 Å². The molecular weight excluding hydrogens is 385 g/mol. The van der Waals surface area contributed by atoms with Gasteiger partial charge >= 0.3 is 12.2 Å². The van der Waals surface area contributed by atoms with Crippen molar-refractivity contribution in [3.63, 3.8) is 0 Å². The minimum Gasteiger partial charge on any atom is -0.497 e. The Morgan fingerprint density at radius 3 is 2.24 bits per heavy atom. The number of urea groups is 1. The first-order valence-corrected chi connectivity index (χ1v) is 9.27. The maximum atomic E-state index is 12.6. The summed E-state index contributed by atoms with van der Waals surface area (Å²) in [6, 6.07) is 11.6. The first kappa shape index (κ1) is 21.0. The minimum absolute atomic E-state index is 0.276. The molecule has 2 aromatic rings. The van der Waals surface area contributed by atoms with Gasteiger partial charge in [0.05, 0.1) is 12.7 Å². The highest BCUT2D eigenvalue weighted by Gasteiger charge is 2.35. The molecule has 5 nitrogen and oxygen atoms in total. The summed E-state index contributed by atoms with van der Waals surface area (Å²) in [6.45, 7) is 1.57. The van der Waals surface area contributed by atoms with Crippen LogP contribution < -0.4 is 15.4 Å². The molecule has 0 radical (unpaired) electrons. The molecule has 2 N–H and O–H groups in total. The van der Waals surface area contributed by atoms with Crippen molar-refractivity contribution in [3.05, 3.63) is 59.7 Å². The van der Waals surface area contributed by atoms with Crippen LogP contribution in [0, 0.1) is 0 Å². The predicted molar refractivity (Wildman–Crippen MR) is 103 cm³/mol. The van der Waals surface area contributed by atoms with E-state index in [9.17, 15) is 18.0 Å². The van der Waals surface area contributed by atoms with Gasteiger partial charge in [0, 0.05) is 30.9 Å². The quantitative estimate of drug-likeness (QED) is 0.761. The number of rotatable bonds is 5. The number of methoxy groups -OCH3 is 1. The van der Waals surface area contributed by atoms with Crippen molar-refractivity contribution >= 4 is 11.7 Å². The van der Waals surface area contributed by atoms with Gasteiger partial charge in [-0.3, -0.25) is 0 Å². The topological polar surface area (TPSA) is 59.6 Å². The third-order valence-corrected chi connectivity index (χ3v) is 5.21. The monoisotopic (exact) mass is 408 g/mol. The van der Waals surface area contributed by atoms with Gasteiger partial charge in [0.25, 0.3) is 0 Å². The van der Waals surface area contributed by atoms with Gasteiger partial charge in [-0.2, -0.15) is 13.2 Å². The van der Waals surface area contributed by atoms with Gasteiger partial charge in [0.15, 0.2) is 0 Å². The lowest BCUT2D eigenvalue weighted by Gasteiger charge is -2.38. The van der Waals surface area contributed by atoms with Crippen molar-refractivity contribution in [2.45, 2.75) is 24.4 Å². The summed E-state index contributed by atoms with van der Waals surface area (Å²) in [5.74, 6) is 0.754. The van der Waals surface area contributed by atoms with Gasteiger partial charge in [-0.25, -0.2) is 4.79 Å². The van der Waals surface area contributed by atoms with Crippen LogP contribution in [0.2, 0.25) is 0 Å². The SMILES string of the molecule is COc1ccc(C2(CNC(=O)Nc3ccc(C(F)(F)F)cc3)CCOCC2)cc1. The van der Waals surface area contributed by atoms with Gasteiger partial charge < -0.3 is 20.1 Å². The van der Waals surface area contributed by atoms with Crippen LogP contribution in [0.3, 0.4) is 0 Å². The molecule has 0 aliphatic carbocycles. The number of benzene rings is 2. The number of anilines is 1. The van der Waals surface area contributed by atoms with Crippen LogP contribution in [-0.4, -0.2) is 32.9 Å². The van der Waals surface area contributed by atoms with Crippen LogP contribution in [0.25, 0.3) is 0 Å². The Balaban J connectivity index is 1.65. The molecule has 0 unspecified atom stereocenters. The number of amides is 2. The lowest BCUT2D eigenvalue weighted by atomic mass is 9.74. The van der Waals surface area contributed by atoms with E-state index < -0.39 is 17.8 Å². The van der Waals surface area contributed by atoms with Crippen LogP contribution in [0.4, 0.5) is 23.7 Å². The summed E-state index contributed by atoms with van der Waals surface area (Å²) in [6.07, 6.45) is -2.91. The minimum atomic E-state index is -4.41. The van der Waals surface area contributed by atoms with E-state index in [1.165, 1.54) is 12.1 Å². The number of hydrogen-bond acceptors (Lipinski definition) is 3. The summed E-state index contributed by atoms with van der Waals surface area (Å²) in [5.41, 5.74) is 0.337. The third-order valence-electron chi connectivity index (χ3n) is 5.21. The van der Waals surface area contributed by atoms with Gasteiger partial charge in [-0.1, -0.05) is 12.1 Å². The Morgan fingerprint density at radius 1 is 1.07 bits per heavy atom. The number of alkyl halides is 3. The average Bonchev–Trinajstić information content (AvgIpc) is 2.73. The lowest BCUT2D eigenvalue weighted by Crippen LogP contribution is -2.45. The normalized spacial score (nSPS) is 16.1. The number of halogens is 3. The van der Waals surface area contributed by atoms with Gasteiger partial charge in [0.1, 0.15) is 5.75 Å². The zero-order valence-electron chi connectivity index (χ0n) is 16.0. The number of hydrogen-bond donors (Lipinski definition) is 2. The zero-order chi connectivity index (χ0) is 20.9. The molecule has 1 fully saturated rings.